The molecule has 0 radical (unpaired) electrons. The molecule has 0 aliphatic heterocycles. The van der Waals surface area contributed by atoms with E-state index in [4.69, 9.17) is 23.2 Å². The average molecular weight is 274 g/mol. The van der Waals surface area contributed by atoms with Gasteiger partial charge in [-0.05, 0) is 38.2 Å². The SMILES string of the molecule is CCN(CC)C(C)C(=O)c1ccc(Cl)cc1Cl. The van der Waals surface area contributed by atoms with E-state index in [0.717, 1.165) is 13.1 Å². The Labute approximate surface area is 113 Å². The lowest BCUT2D eigenvalue weighted by atomic mass is 10.0. The van der Waals surface area contributed by atoms with Crippen molar-refractivity contribution in [2.24, 2.45) is 0 Å². The number of nitrogens with zero attached hydrogens (tertiary/aromatic N) is 1. The van der Waals surface area contributed by atoms with Crippen molar-refractivity contribution in [2.45, 2.75) is 26.8 Å². The van der Waals surface area contributed by atoms with Crippen LogP contribution in [0.5, 0.6) is 0 Å². The Morgan fingerprint density at radius 3 is 2.35 bits per heavy atom. The van der Waals surface area contributed by atoms with Crippen LogP contribution >= 0.6 is 23.2 Å². The monoisotopic (exact) mass is 273 g/mol. The second kappa shape index (κ2) is 6.39. The third kappa shape index (κ3) is 3.44. The molecule has 0 spiro atoms. The molecule has 94 valence electrons. The molecule has 0 amide bonds. The summed E-state index contributed by atoms with van der Waals surface area (Å²) in [7, 11) is 0. The second-order valence-corrected chi connectivity index (χ2v) is 4.73. The summed E-state index contributed by atoms with van der Waals surface area (Å²) in [5.41, 5.74) is 0.537. The van der Waals surface area contributed by atoms with Crippen molar-refractivity contribution in [3.05, 3.63) is 33.8 Å². The Morgan fingerprint density at radius 1 is 1.29 bits per heavy atom. The molecular weight excluding hydrogens is 257 g/mol. The molecule has 1 aromatic rings. The van der Waals surface area contributed by atoms with E-state index in [0.29, 0.717) is 15.6 Å². The van der Waals surface area contributed by atoms with Crippen LogP contribution in [0.2, 0.25) is 10.0 Å². The Balaban J connectivity index is 2.96. The summed E-state index contributed by atoms with van der Waals surface area (Å²) in [6.45, 7) is 7.66. The van der Waals surface area contributed by atoms with Crippen molar-refractivity contribution in [1.82, 2.24) is 4.90 Å². The first kappa shape index (κ1) is 14.5. The van der Waals surface area contributed by atoms with Crippen LogP contribution in [0, 0.1) is 0 Å². The molecule has 0 heterocycles. The van der Waals surface area contributed by atoms with Gasteiger partial charge >= 0.3 is 0 Å². The number of hydrogen-bond donors (Lipinski definition) is 0. The van der Waals surface area contributed by atoms with E-state index in [1.165, 1.54) is 0 Å². The minimum absolute atomic E-state index is 0.0374. The molecule has 17 heavy (non-hydrogen) atoms. The normalized spacial score (nSPS) is 12.8. The van der Waals surface area contributed by atoms with Gasteiger partial charge in [-0.2, -0.15) is 0 Å². The van der Waals surface area contributed by atoms with Crippen molar-refractivity contribution >= 4 is 29.0 Å². The quantitative estimate of drug-likeness (QED) is 0.759. The maximum atomic E-state index is 12.3. The molecule has 0 aromatic heterocycles. The Kier molecular flexibility index (Phi) is 5.44. The number of likely N-dealkylation sites (N-methyl/N-ethyl adjacent to an activating group) is 1. The van der Waals surface area contributed by atoms with E-state index in [1.807, 2.05) is 20.8 Å². The molecule has 1 rings (SSSR count). The first-order chi connectivity index (χ1) is 8.01. The Hall–Kier alpha value is -0.570. The average Bonchev–Trinajstić information content (AvgIpc) is 2.29. The predicted octanol–water partition coefficient (Wildman–Crippen LogP) is 3.91. The first-order valence-electron chi connectivity index (χ1n) is 5.74. The summed E-state index contributed by atoms with van der Waals surface area (Å²) in [5, 5.41) is 0.962. The lowest BCUT2D eigenvalue weighted by molar-refractivity contribution is 0.0851. The predicted molar refractivity (Wildman–Crippen MR) is 73.2 cm³/mol. The van der Waals surface area contributed by atoms with Crippen LogP contribution in [-0.2, 0) is 0 Å². The molecule has 0 saturated heterocycles. The van der Waals surface area contributed by atoms with E-state index in [9.17, 15) is 4.79 Å². The first-order valence-corrected chi connectivity index (χ1v) is 6.50. The molecule has 0 bridgehead atoms. The molecule has 1 atom stereocenters. The van der Waals surface area contributed by atoms with Crippen LogP contribution in [-0.4, -0.2) is 29.8 Å². The molecule has 1 aromatic carbocycles. The third-order valence-electron chi connectivity index (χ3n) is 2.94. The number of halogens is 2. The number of hydrogen-bond acceptors (Lipinski definition) is 2. The van der Waals surface area contributed by atoms with E-state index < -0.39 is 0 Å². The highest BCUT2D eigenvalue weighted by atomic mass is 35.5. The van der Waals surface area contributed by atoms with Crippen LogP contribution in [0.4, 0.5) is 0 Å². The van der Waals surface area contributed by atoms with Gasteiger partial charge in [-0.15, -0.1) is 0 Å². The lowest BCUT2D eigenvalue weighted by Gasteiger charge is -2.25. The minimum atomic E-state index is -0.163. The number of carbonyl (C=O) groups excluding carboxylic acids is 1. The number of benzene rings is 1. The minimum Gasteiger partial charge on any atom is -0.294 e. The maximum Gasteiger partial charge on any atom is 0.181 e. The van der Waals surface area contributed by atoms with Gasteiger partial charge in [0.1, 0.15) is 0 Å². The Bertz CT molecular complexity index is 402. The fourth-order valence-electron chi connectivity index (χ4n) is 1.85. The summed E-state index contributed by atoms with van der Waals surface area (Å²) < 4.78 is 0. The standard InChI is InChI=1S/C13H17Cl2NO/c1-4-16(5-2)9(3)13(17)11-7-6-10(14)8-12(11)15/h6-9H,4-5H2,1-3H3. The third-order valence-corrected chi connectivity index (χ3v) is 3.48. The van der Waals surface area contributed by atoms with Gasteiger partial charge in [-0.3, -0.25) is 9.69 Å². The molecule has 0 N–H and O–H groups in total. The van der Waals surface area contributed by atoms with Gasteiger partial charge in [-0.25, -0.2) is 0 Å². The summed E-state index contributed by atoms with van der Waals surface area (Å²) in [4.78, 5) is 14.4. The van der Waals surface area contributed by atoms with Gasteiger partial charge in [0, 0.05) is 10.6 Å². The van der Waals surface area contributed by atoms with Crippen LogP contribution < -0.4 is 0 Å². The number of carbonyl (C=O) groups is 1. The zero-order valence-electron chi connectivity index (χ0n) is 10.3. The van der Waals surface area contributed by atoms with Gasteiger partial charge < -0.3 is 0 Å². The summed E-state index contributed by atoms with van der Waals surface area (Å²) in [6.07, 6.45) is 0. The van der Waals surface area contributed by atoms with Gasteiger partial charge in [0.05, 0.1) is 11.1 Å². The Morgan fingerprint density at radius 2 is 1.88 bits per heavy atom. The summed E-state index contributed by atoms with van der Waals surface area (Å²) >= 11 is 11.8. The van der Waals surface area contributed by atoms with Crippen molar-refractivity contribution in [3.8, 4) is 0 Å². The fourth-order valence-corrected chi connectivity index (χ4v) is 2.35. The fraction of sp³-hybridized carbons (Fsp3) is 0.462. The smallest absolute Gasteiger partial charge is 0.181 e. The second-order valence-electron chi connectivity index (χ2n) is 3.89. The van der Waals surface area contributed by atoms with Crippen molar-refractivity contribution in [2.75, 3.05) is 13.1 Å². The summed E-state index contributed by atoms with van der Waals surface area (Å²) in [6, 6.07) is 4.82. The van der Waals surface area contributed by atoms with Crippen molar-refractivity contribution in [1.29, 1.82) is 0 Å². The maximum absolute atomic E-state index is 12.3. The largest absolute Gasteiger partial charge is 0.294 e. The zero-order chi connectivity index (χ0) is 13.0. The molecule has 0 saturated carbocycles. The van der Waals surface area contributed by atoms with Crippen LogP contribution in [0.15, 0.2) is 18.2 Å². The zero-order valence-corrected chi connectivity index (χ0v) is 11.8. The number of rotatable bonds is 5. The molecule has 4 heteroatoms. The molecular formula is C13H17Cl2NO. The number of ketones is 1. The van der Waals surface area contributed by atoms with Gasteiger partial charge in [-0.1, -0.05) is 37.0 Å². The van der Waals surface area contributed by atoms with E-state index in [1.54, 1.807) is 18.2 Å². The summed E-state index contributed by atoms with van der Waals surface area (Å²) in [5.74, 6) is 0.0374. The highest BCUT2D eigenvalue weighted by Crippen LogP contribution is 2.23. The van der Waals surface area contributed by atoms with E-state index >= 15 is 0 Å². The van der Waals surface area contributed by atoms with Crippen LogP contribution in [0.25, 0.3) is 0 Å². The van der Waals surface area contributed by atoms with Gasteiger partial charge in [0.25, 0.3) is 0 Å². The van der Waals surface area contributed by atoms with E-state index in [-0.39, 0.29) is 11.8 Å². The molecule has 0 fully saturated rings. The van der Waals surface area contributed by atoms with Gasteiger partial charge in [0.15, 0.2) is 5.78 Å². The van der Waals surface area contributed by atoms with Gasteiger partial charge in [0.2, 0.25) is 0 Å². The molecule has 1 unspecified atom stereocenters. The highest BCUT2D eigenvalue weighted by Gasteiger charge is 2.22. The lowest BCUT2D eigenvalue weighted by Crippen LogP contribution is -2.38. The molecule has 0 aliphatic rings. The van der Waals surface area contributed by atoms with E-state index in [2.05, 4.69) is 4.90 Å². The van der Waals surface area contributed by atoms with Crippen LogP contribution in [0.1, 0.15) is 31.1 Å². The van der Waals surface area contributed by atoms with Crippen LogP contribution in [0.3, 0.4) is 0 Å². The topological polar surface area (TPSA) is 20.3 Å². The van der Waals surface area contributed by atoms with Crippen molar-refractivity contribution < 1.29 is 4.79 Å². The molecule has 2 nitrogen and oxygen atoms in total. The molecule has 0 aliphatic carbocycles. The highest BCUT2D eigenvalue weighted by molar-refractivity contribution is 6.37. The number of Topliss-reactive ketones (excluding diaryl/α,β-unsaturated/α-hetero) is 1. The van der Waals surface area contributed by atoms with Crippen molar-refractivity contribution in [3.63, 3.8) is 0 Å².